The van der Waals surface area contributed by atoms with Crippen LogP contribution in [0.5, 0.6) is 11.5 Å². The Bertz CT molecular complexity index is 1420. The summed E-state index contributed by atoms with van der Waals surface area (Å²) < 4.78 is 13.2. The first-order valence-corrected chi connectivity index (χ1v) is 16.9. The third-order valence-electron chi connectivity index (χ3n) is 8.26. The van der Waals surface area contributed by atoms with Crippen LogP contribution >= 0.6 is 11.3 Å². The molecule has 1 fully saturated rings. The zero-order chi connectivity index (χ0) is 29.9. The number of ether oxygens (including phenoxy) is 2. The van der Waals surface area contributed by atoms with Crippen LogP contribution in [0.3, 0.4) is 0 Å². The second-order valence-corrected chi connectivity index (χ2v) is 12.5. The van der Waals surface area contributed by atoms with E-state index in [-0.39, 0.29) is 5.78 Å². The molecule has 4 aromatic rings. The monoisotopic (exact) mass is 598 g/mol. The quantitative estimate of drug-likeness (QED) is 0.114. The molecule has 2 heterocycles. The van der Waals surface area contributed by atoms with Crippen molar-refractivity contribution in [1.29, 1.82) is 0 Å². The Morgan fingerprint density at radius 2 is 1.42 bits per heavy atom. The summed E-state index contributed by atoms with van der Waals surface area (Å²) in [6, 6.07) is 24.0. The zero-order valence-corrected chi connectivity index (χ0v) is 26.7. The molecule has 43 heavy (non-hydrogen) atoms. The van der Waals surface area contributed by atoms with E-state index < -0.39 is 0 Å². The molecule has 0 spiro atoms. The number of hydrogen-bond acceptors (Lipinski definition) is 6. The number of thiophene rings is 1. The normalized spacial score (nSPS) is 13.7. The van der Waals surface area contributed by atoms with Gasteiger partial charge in [-0.15, -0.1) is 11.3 Å². The standard InChI is InChI=1S/C37H46N2O3S/c1-3-5-21-38(22-6-4-2)25-27-41-31-17-13-29(14-18-31)36(40)35-33-11-7-8-12-34(33)43-37(35)30-15-19-32(20-16-30)42-28-26-39-23-9-10-24-39/h7-8,11-20H,3-6,9-10,21-28H2,1-2H3. The van der Waals surface area contributed by atoms with E-state index in [9.17, 15) is 4.79 Å². The molecule has 228 valence electrons. The number of carbonyl (C=O) groups excluding carboxylic acids is 1. The van der Waals surface area contributed by atoms with E-state index in [0.29, 0.717) is 18.8 Å². The molecule has 6 heteroatoms. The van der Waals surface area contributed by atoms with Gasteiger partial charge >= 0.3 is 0 Å². The van der Waals surface area contributed by atoms with Gasteiger partial charge in [-0.05, 0) is 112 Å². The number of hydrogen-bond donors (Lipinski definition) is 0. The number of nitrogens with zero attached hydrogens (tertiary/aromatic N) is 2. The first-order chi connectivity index (χ1) is 21.2. The first-order valence-electron chi connectivity index (χ1n) is 16.1. The van der Waals surface area contributed by atoms with E-state index in [1.54, 1.807) is 11.3 Å². The van der Waals surface area contributed by atoms with Gasteiger partial charge in [0.2, 0.25) is 0 Å². The minimum atomic E-state index is 0.0373. The highest BCUT2D eigenvalue weighted by Crippen LogP contribution is 2.40. The summed E-state index contributed by atoms with van der Waals surface area (Å²) in [6.45, 7) is 12.3. The third kappa shape index (κ3) is 8.47. The molecule has 0 saturated carbocycles. The van der Waals surface area contributed by atoms with Crippen molar-refractivity contribution in [2.24, 2.45) is 0 Å². The lowest BCUT2D eigenvalue weighted by Gasteiger charge is -2.22. The van der Waals surface area contributed by atoms with Crippen molar-refractivity contribution in [2.75, 3.05) is 52.5 Å². The van der Waals surface area contributed by atoms with Crippen LogP contribution in [0.1, 0.15) is 68.3 Å². The molecule has 1 saturated heterocycles. The molecule has 5 nitrogen and oxygen atoms in total. The molecule has 1 aliphatic rings. The second-order valence-electron chi connectivity index (χ2n) is 11.5. The van der Waals surface area contributed by atoms with Crippen LogP contribution in [-0.4, -0.2) is 68.1 Å². The summed E-state index contributed by atoms with van der Waals surface area (Å²) >= 11 is 1.67. The van der Waals surface area contributed by atoms with Gasteiger partial charge in [0.1, 0.15) is 24.7 Å². The van der Waals surface area contributed by atoms with Crippen LogP contribution in [0.15, 0.2) is 72.8 Å². The number of carbonyl (C=O) groups is 1. The number of rotatable bonds is 17. The topological polar surface area (TPSA) is 42.0 Å². The fourth-order valence-corrected chi connectivity index (χ4v) is 6.92. The predicted octanol–water partition coefficient (Wildman–Crippen LogP) is 8.55. The van der Waals surface area contributed by atoms with Gasteiger partial charge in [0.25, 0.3) is 0 Å². The van der Waals surface area contributed by atoms with Crippen LogP contribution in [-0.2, 0) is 0 Å². The molecule has 3 aromatic carbocycles. The van der Waals surface area contributed by atoms with Gasteiger partial charge in [-0.25, -0.2) is 0 Å². The first kappa shape index (κ1) is 31.2. The highest BCUT2D eigenvalue weighted by molar-refractivity contribution is 7.22. The van der Waals surface area contributed by atoms with E-state index in [1.165, 1.54) is 51.6 Å². The van der Waals surface area contributed by atoms with Crippen LogP contribution in [0, 0.1) is 0 Å². The summed E-state index contributed by atoms with van der Waals surface area (Å²) in [5, 5.41) is 0.998. The maximum atomic E-state index is 14.0. The number of likely N-dealkylation sites (tertiary alicyclic amines) is 1. The summed E-state index contributed by atoms with van der Waals surface area (Å²) in [5.41, 5.74) is 2.47. The van der Waals surface area contributed by atoms with Crippen LogP contribution < -0.4 is 9.47 Å². The Kier molecular flexibility index (Phi) is 11.7. The average molecular weight is 599 g/mol. The van der Waals surface area contributed by atoms with Crippen molar-refractivity contribution >= 4 is 27.2 Å². The Morgan fingerprint density at radius 3 is 2.09 bits per heavy atom. The average Bonchev–Trinajstić information content (AvgIpc) is 3.71. The number of ketones is 1. The van der Waals surface area contributed by atoms with Crippen LogP contribution in [0.2, 0.25) is 0 Å². The Labute approximate surface area is 261 Å². The highest BCUT2D eigenvalue weighted by atomic mass is 32.1. The molecule has 0 amide bonds. The molecule has 5 rings (SSSR count). The van der Waals surface area contributed by atoms with Crippen LogP contribution in [0.25, 0.3) is 20.5 Å². The maximum Gasteiger partial charge on any atom is 0.195 e. The molecule has 0 N–H and O–H groups in total. The highest BCUT2D eigenvalue weighted by Gasteiger charge is 2.21. The lowest BCUT2D eigenvalue weighted by molar-refractivity contribution is 0.104. The fourth-order valence-electron chi connectivity index (χ4n) is 5.71. The van der Waals surface area contributed by atoms with Crippen molar-refractivity contribution in [3.8, 4) is 21.9 Å². The summed E-state index contributed by atoms with van der Waals surface area (Å²) in [4.78, 5) is 19.9. The molecule has 0 aliphatic carbocycles. The Balaban J connectivity index is 1.26. The number of benzene rings is 3. The zero-order valence-electron chi connectivity index (χ0n) is 25.9. The van der Waals surface area contributed by atoms with Crippen LogP contribution in [0.4, 0.5) is 0 Å². The predicted molar refractivity (Wildman–Crippen MR) is 180 cm³/mol. The minimum absolute atomic E-state index is 0.0373. The fraction of sp³-hybridized carbons (Fsp3) is 0.432. The third-order valence-corrected chi connectivity index (χ3v) is 9.48. The van der Waals surface area contributed by atoms with Gasteiger partial charge in [-0.1, -0.05) is 44.9 Å². The van der Waals surface area contributed by atoms with Crippen molar-refractivity contribution < 1.29 is 14.3 Å². The molecule has 0 atom stereocenters. The van der Waals surface area contributed by atoms with Gasteiger partial charge in [-0.3, -0.25) is 14.6 Å². The van der Waals surface area contributed by atoms with Gasteiger partial charge in [0.05, 0.1) is 0 Å². The van der Waals surface area contributed by atoms with E-state index >= 15 is 0 Å². The molecular weight excluding hydrogens is 552 g/mol. The summed E-state index contributed by atoms with van der Waals surface area (Å²) in [5.74, 6) is 1.71. The van der Waals surface area contributed by atoms with Gasteiger partial charge < -0.3 is 9.47 Å². The molecule has 1 aromatic heterocycles. The lowest BCUT2D eigenvalue weighted by atomic mass is 9.97. The Morgan fingerprint density at radius 1 is 0.791 bits per heavy atom. The molecule has 1 aliphatic heterocycles. The number of unbranched alkanes of at least 4 members (excludes halogenated alkanes) is 2. The summed E-state index contributed by atoms with van der Waals surface area (Å²) in [7, 11) is 0. The lowest BCUT2D eigenvalue weighted by Crippen LogP contribution is -2.30. The largest absolute Gasteiger partial charge is 0.492 e. The molecule has 0 unspecified atom stereocenters. The van der Waals surface area contributed by atoms with Gasteiger partial charge in [0, 0.05) is 39.2 Å². The maximum absolute atomic E-state index is 14.0. The SMILES string of the molecule is CCCCN(CCCC)CCOc1ccc(C(=O)c2c(-c3ccc(OCCN4CCCC4)cc3)sc3ccccc23)cc1. The van der Waals surface area contributed by atoms with Gasteiger partial charge in [0.15, 0.2) is 5.78 Å². The van der Waals surface area contributed by atoms with Crippen molar-refractivity contribution in [3.63, 3.8) is 0 Å². The van der Waals surface area contributed by atoms with E-state index in [2.05, 4.69) is 47.9 Å². The number of fused-ring (bicyclic) bond motifs is 1. The van der Waals surface area contributed by atoms with Crippen molar-refractivity contribution in [1.82, 2.24) is 9.80 Å². The van der Waals surface area contributed by atoms with E-state index in [4.69, 9.17) is 9.47 Å². The summed E-state index contributed by atoms with van der Waals surface area (Å²) in [6.07, 6.45) is 7.44. The minimum Gasteiger partial charge on any atom is -0.492 e. The van der Waals surface area contributed by atoms with E-state index in [1.807, 2.05) is 48.5 Å². The molecule has 0 bridgehead atoms. The molecule has 0 radical (unpaired) electrons. The van der Waals surface area contributed by atoms with Gasteiger partial charge in [-0.2, -0.15) is 0 Å². The second kappa shape index (κ2) is 16.0. The smallest absolute Gasteiger partial charge is 0.195 e. The van der Waals surface area contributed by atoms with Crippen molar-refractivity contribution in [3.05, 3.63) is 83.9 Å². The Hall–Kier alpha value is -3.19. The molecular formula is C37H46N2O3S. The van der Waals surface area contributed by atoms with E-state index in [0.717, 1.165) is 63.8 Å². The van der Waals surface area contributed by atoms with Crippen molar-refractivity contribution in [2.45, 2.75) is 52.4 Å².